The van der Waals surface area contributed by atoms with E-state index in [1.807, 2.05) is 0 Å². The zero-order valence-electron chi connectivity index (χ0n) is 8.91. The maximum atomic E-state index is 13.7. The van der Waals surface area contributed by atoms with E-state index < -0.39 is 11.7 Å². The lowest BCUT2D eigenvalue weighted by Gasteiger charge is -2.04. The monoisotopic (exact) mass is 348 g/mol. The molecule has 2 rings (SSSR count). The van der Waals surface area contributed by atoms with Gasteiger partial charge in [0.1, 0.15) is 5.82 Å². The first kappa shape index (κ1) is 13.5. The number of carbonyl (C=O) groups excluding carboxylic acids is 1. The molecule has 0 spiro atoms. The zero-order chi connectivity index (χ0) is 13.1. The number of halogens is 3. The van der Waals surface area contributed by atoms with Crippen molar-refractivity contribution in [1.82, 2.24) is 4.98 Å². The van der Waals surface area contributed by atoms with Crippen LogP contribution in [0.3, 0.4) is 0 Å². The molecule has 1 aromatic carbocycles. The summed E-state index contributed by atoms with van der Waals surface area (Å²) in [6, 6.07) is 4.53. The van der Waals surface area contributed by atoms with Crippen molar-refractivity contribution in [2.24, 2.45) is 0 Å². The minimum absolute atomic E-state index is 0.0352. The first-order valence-electron chi connectivity index (χ1n) is 4.87. The molecule has 0 aliphatic rings. The molecule has 0 aliphatic carbocycles. The number of rotatable bonds is 3. The molecule has 94 valence electrons. The molecule has 1 aromatic heterocycles. The zero-order valence-corrected chi connectivity index (χ0v) is 12.1. The van der Waals surface area contributed by atoms with Crippen LogP contribution in [0.2, 0.25) is 0 Å². The number of alkyl halides is 1. The molecular formula is C11H7BrClFN2OS. The Hall–Kier alpha value is -0.980. The summed E-state index contributed by atoms with van der Waals surface area (Å²) in [6.07, 6.45) is 0. The summed E-state index contributed by atoms with van der Waals surface area (Å²) in [5.74, 6) is -0.856. The first-order valence-corrected chi connectivity index (χ1v) is 7.08. The third-order valence-electron chi connectivity index (χ3n) is 2.11. The van der Waals surface area contributed by atoms with Crippen LogP contribution >= 0.6 is 38.9 Å². The standard InChI is InChI=1S/C11H7BrClFN2OS/c12-8-3-1-2-7(9(8)14)10(17)16-11-15-6(4-13)5-18-11/h1-3,5H,4H2,(H,15,16,17). The maximum absolute atomic E-state index is 13.7. The number of hydrogen-bond donors (Lipinski definition) is 1. The summed E-state index contributed by atoms with van der Waals surface area (Å²) in [7, 11) is 0. The van der Waals surface area contributed by atoms with Crippen LogP contribution in [0, 0.1) is 5.82 Å². The van der Waals surface area contributed by atoms with Crippen molar-refractivity contribution in [1.29, 1.82) is 0 Å². The fraction of sp³-hybridized carbons (Fsp3) is 0.0909. The van der Waals surface area contributed by atoms with Gasteiger partial charge in [-0.2, -0.15) is 0 Å². The number of aromatic nitrogens is 1. The average Bonchev–Trinajstić information content (AvgIpc) is 2.80. The summed E-state index contributed by atoms with van der Waals surface area (Å²) >= 11 is 9.88. The van der Waals surface area contributed by atoms with Gasteiger partial charge in [0.15, 0.2) is 5.13 Å². The fourth-order valence-corrected chi connectivity index (χ4v) is 2.57. The van der Waals surface area contributed by atoms with E-state index in [0.29, 0.717) is 10.8 Å². The third kappa shape index (κ3) is 2.88. The Labute approximate surface area is 120 Å². The van der Waals surface area contributed by atoms with Crippen LogP contribution in [0.4, 0.5) is 9.52 Å². The highest BCUT2D eigenvalue weighted by Gasteiger charge is 2.15. The quantitative estimate of drug-likeness (QED) is 0.850. The summed E-state index contributed by atoms with van der Waals surface area (Å²) in [5, 5.41) is 4.66. The highest BCUT2D eigenvalue weighted by molar-refractivity contribution is 9.10. The highest BCUT2D eigenvalue weighted by Crippen LogP contribution is 2.21. The van der Waals surface area contributed by atoms with Crippen molar-refractivity contribution in [2.45, 2.75) is 5.88 Å². The van der Waals surface area contributed by atoms with Crippen molar-refractivity contribution < 1.29 is 9.18 Å². The van der Waals surface area contributed by atoms with Crippen LogP contribution in [0.25, 0.3) is 0 Å². The van der Waals surface area contributed by atoms with Crippen LogP contribution in [-0.4, -0.2) is 10.9 Å². The van der Waals surface area contributed by atoms with Gasteiger partial charge < -0.3 is 0 Å². The van der Waals surface area contributed by atoms with Gasteiger partial charge in [-0.25, -0.2) is 9.37 Å². The Kier molecular flexibility index (Phi) is 4.31. The van der Waals surface area contributed by atoms with Crippen molar-refractivity contribution in [3.63, 3.8) is 0 Å². The average molecular weight is 350 g/mol. The molecule has 1 amide bonds. The number of amides is 1. The van der Waals surface area contributed by atoms with Crippen molar-refractivity contribution in [3.05, 3.63) is 45.1 Å². The molecule has 0 radical (unpaired) electrons. The Morgan fingerprint density at radius 3 is 3.00 bits per heavy atom. The van der Waals surface area contributed by atoms with E-state index in [-0.39, 0.29) is 15.9 Å². The molecule has 0 atom stereocenters. The molecule has 0 fully saturated rings. The fourth-order valence-electron chi connectivity index (χ4n) is 1.27. The van der Waals surface area contributed by atoms with Gasteiger partial charge in [-0.15, -0.1) is 22.9 Å². The third-order valence-corrected chi connectivity index (χ3v) is 3.80. The van der Waals surface area contributed by atoms with Crippen LogP contribution in [0.5, 0.6) is 0 Å². The number of thiazole rings is 1. The molecule has 0 bridgehead atoms. The van der Waals surface area contributed by atoms with Gasteiger partial charge in [-0.05, 0) is 28.1 Å². The van der Waals surface area contributed by atoms with Gasteiger partial charge in [0.05, 0.1) is 21.6 Å². The van der Waals surface area contributed by atoms with Crippen LogP contribution in [0.1, 0.15) is 16.1 Å². The van der Waals surface area contributed by atoms with E-state index in [4.69, 9.17) is 11.6 Å². The lowest BCUT2D eigenvalue weighted by molar-refractivity contribution is 0.102. The number of nitrogens with one attached hydrogen (secondary N) is 1. The van der Waals surface area contributed by atoms with Crippen LogP contribution in [0.15, 0.2) is 28.1 Å². The van der Waals surface area contributed by atoms with E-state index in [2.05, 4.69) is 26.2 Å². The maximum Gasteiger partial charge on any atom is 0.260 e. The molecule has 0 saturated heterocycles. The van der Waals surface area contributed by atoms with Crippen molar-refractivity contribution in [2.75, 3.05) is 5.32 Å². The van der Waals surface area contributed by atoms with Crippen LogP contribution < -0.4 is 5.32 Å². The minimum atomic E-state index is -0.593. The SMILES string of the molecule is O=C(Nc1nc(CCl)cs1)c1cccc(Br)c1F. The molecule has 18 heavy (non-hydrogen) atoms. The van der Waals surface area contributed by atoms with Crippen molar-refractivity contribution >= 4 is 49.9 Å². The second-order valence-corrected chi connectivity index (χ2v) is 5.31. The highest BCUT2D eigenvalue weighted by atomic mass is 79.9. The summed E-state index contributed by atoms with van der Waals surface area (Å²) < 4.78 is 13.9. The minimum Gasteiger partial charge on any atom is -0.298 e. The van der Waals surface area contributed by atoms with E-state index in [0.717, 1.165) is 0 Å². The molecular weight excluding hydrogens is 343 g/mol. The van der Waals surface area contributed by atoms with E-state index in [1.165, 1.54) is 23.5 Å². The summed E-state index contributed by atoms with van der Waals surface area (Å²) in [4.78, 5) is 15.9. The molecule has 1 heterocycles. The molecule has 0 aliphatic heterocycles. The Morgan fingerprint density at radius 2 is 2.33 bits per heavy atom. The van der Waals surface area contributed by atoms with Crippen LogP contribution in [-0.2, 0) is 5.88 Å². The van der Waals surface area contributed by atoms with Gasteiger partial charge >= 0.3 is 0 Å². The number of anilines is 1. The van der Waals surface area contributed by atoms with E-state index >= 15 is 0 Å². The second kappa shape index (κ2) is 5.77. The van der Waals surface area contributed by atoms with E-state index in [1.54, 1.807) is 11.4 Å². The van der Waals surface area contributed by atoms with E-state index in [9.17, 15) is 9.18 Å². The topological polar surface area (TPSA) is 42.0 Å². The number of nitrogens with zero attached hydrogens (tertiary/aromatic N) is 1. The Bertz CT molecular complexity index is 590. The van der Waals surface area contributed by atoms with Gasteiger partial charge in [-0.3, -0.25) is 10.1 Å². The van der Waals surface area contributed by atoms with Gasteiger partial charge in [0, 0.05) is 5.38 Å². The van der Waals surface area contributed by atoms with Gasteiger partial charge in [0.25, 0.3) is 5.91 Å². The molecule has 3 nitrogen and oxygen atoms in total. The van der Waals surface area contributed by atoms with Gasteiger partial charge in [0.2, 0.25) is 0 Å². The lowest BCUT2D eigenvalue weighted by Crippen LogP contribution is -2.13. The Balaban J connectivity index is 2.19. The second-order valence-electron chi connectivity index (χ2n) is 3.33. The molecule has 0 saturated carbocycles. The smallest absolute Gasteiger partial charge is 0.260 e. The summed E-state index contributed by atoms with van der Waals surface area (Å²) in [6.45, 7) is 0. The first-order chi connectivity index (χ1) is 8.61. The number of carbonyl (C=O) groups is 1. The predicted octanol–water partition coefficient (Wildman–Crippen LogP) is 4.04. The predicted molar refractivity (Wildman–Crippen MR) is 73.7 cm³/mol. The van der Waals surface area contributed by atoms with Crippen molar-refractivity contribution in [3.8, 4) is 0 Å². The normalized spacial score (nSPS) is 10.4. The molecule has 7 heteroatoms. The summed E-state index contributed by atoms with van der Waals surface area (Å²) in [5.41, 5.74) is 0.638. The molecule has 2 aromatic rings. The lowest BCUT2D eigenvalue weighted by atomic mass is 10.2. The Morgan fingerprint density at radius 1 is 1.56 bits per heavy atom. The number of hydrogen-bond acceptors (Lipinski definition) is 3. The molecule has 0 unspecified atom stereocenters. The number of benzene rings is 1. The molecule has 1 N–H and O–H groups in total. The van der Waals surface area contributed by atoms with Gasteiger partial charge in [-0.1, -0.05) is 6.07 Å². The largest absolute Gasteiger partial charge is 0.298 e.